The second-order valence-electron chi connectivity index (χ2n) is 10.7. The van der Waals surface area contributed by atoms with Crippen molar-refractivity contribution < 1.29 is 49.3 Å². The fraction of sp³-hybridized carbons (Fsp3) is 0.438. The van der Waals surface area contributed by atoms with E-state index < -0.39 is 59.3 Å². The number of alkyl halides is 5. The number of halogens is 8. The highest BCUT2D eigenvalue weighted by Crippen LogP contribution is 2.43. The third kappa shape index (κ3) is 7.99. The molecule has 1 fully saturated rings. The molecule has 0 amide bonds. The average Bonchev–Trinajstić information content (AvgIpc) is 2.95. The number of unbranched alkanes of at least 4 members (excludes halogenated alkanes) is 1. The van der Waals surface area contributed by atoms with E-state index in [4.69, 9.17) is 9.47 Å². The zero-order valence-corrected chi connectivity index (χ0v) is 23.7. The maximum Gasteiger partial charge on any atom is 0.422 e. The van der Waals surface area contributed by atoms with E-state index in [2.05, 4.69) is 4.74 Å². The highest BCUT2D eigenvalue weighted by molar-refractivity contribution is 5.72. The molecular formula is C32H32F8O3. The largest absolute Gasteiger partial charge is 0.490 e. The summed E-state index contributed by atoms with van der Waals surface area (Å²) in [5.74, 6) is -5.39. The van der Waals surface area contributed by atoms with Gasteiger partial charge in [0.1, 0.15) is 17.1 Å². The third-order valence-corrected chi connectivity index (χ3v) is 7.41. The summed E-state index contributed by atoms with van der Waals surface area (Å²) in [7, 11) is 0. The molecule has 0 heterocycles. The summed E-state index contributed by atoms with van der Waals surface area (Å²) in [5.41, 5.74) is -2.57. The zero-order chi connectivity index (χ0) is 31.4. The first-order chi connectivity index (χ1) is 20.3. The smallest absolute Gasteiger partial charge is 0.422 e. The summed E-state index contributed by atoms with van der Waals surface area (Å²) < 4.78 is 130. The number of hydrogen-bond donors (Lipinski definition) is 0. The van der Waals surface area contributed by atoms with Gasteiger partial charge in [0.15, 0.2) is 18.2 Å². The van der Waals surface area contributed by atoms with Gasteiger partial charge < -0.3 is 14.2 Å². The Hall–Kier alpha value is -3.34. The van der Waals surface area contributed by atoms with E-state index in [0.29, 0.717) is 31.2 Å². The topological polar surface area (TPSA) is 27.7 Å². The van der Waals surface area contributed by atoms with Crippen molar-refractivity contribution in [1.29, 1.82) is 0 Å². The summed E-state index contributed by atoms with van der Waals surface area (Å²) in [6, 6.07) is 9.05. The minimum atomic E-state index is -5.37. The molecule has 0 atom stereocenters. The second-order valence-corrected chi connectivity index (χ2v) is 10.7. The molecule has 0 saturated heterocycles. The summed E-state index contributed by atoms with van der Waals surface area (Å²) in [5, 5.41) is 0. The van der Waals surface area contributed by atoms with Crippen LogP contribution in [-0.2, 0) is 10.9 Å². The Morgan fingerprint density at radius 2 is 1.28 bits per heavy atom. The van der Waals surface area contributed by atoms with E-state index in [1.54, 1.807) is 0 Å². The molecule has 0 aliphatic heterocycles. The Bertz CT molecular complexity index is 1380. The lowest BCUT2D eigenvalue weighted by atomic mass is 9.89. The van der Waals surface area contributed by atoms with Crippen molar-refractivity contribution in [3.05, 3.63) is 71.5 Å². The molecule has 1 saturated carbocycles. The summed E-state index contributed by atoms with van der Waals surface area (Å²) in [6.07, 6.45) is -5.85. The van der Waals surface area contributed by atoms with Crippen LogP contribution in [0.1, 0.15) is 57.9 Å². The summed E-state index contributed by atoms with van der Waals surface area (Å²) in [4.78, 5) is 0. The van der Waals surface area contributed by atoms with Gasteiger partial charge in [-0.1, -0.05) is 44.5 Å². The van der Waals surface area contributed by atoms with Crippen LogP contribution in [-0.4, -0.2) is 25.4 Å². The fourth-order valence-corrected chi connectivity index (χ4v) is 4.95. The maximum absolute atomic E-state index is 15.3. The molecule has 3 nitrogen and oxygen atoms in total. The van der Waals surface area contributed by atoms with E-state index in [-0.39, 0.29) is 29.0 Å². The lowest BCUT2D eigenvalue weighted by Gasteiger charge is -2.28. The van der Waals surface area contributed by atoms with Crippen LogP contribution in [0.5, 0.6) is 11.5 Å². The maximum atomic E-state index is 15.3. The Morgan fingerprint density at radius 1 is 0.721 bits per heavy atom. The number of rotatable bonds is 11. The van der Waals surface area contributed by atoms with E-state index in [1.165, 1.54) is 36.4 Å². The van der Waals surface area contributed by atoms with Crippen LogP contribution in [0, 0.1) is 23.4 Å². The van der Waals surface area contributed by atoms with Crippen LogP contribution in [0.2, 0.25) is 0 Å². The van der Waals surface area contributed by atoms with Gasteiger partial charge >= 0.3 is 12.3 Å². The average molecular weight is 617 g/mol. The normalized spacial score (nSPS) is 17.6. The molecule has 11 heteroatoms. The van der Waals surface area contributed by atoms with Crippen molar-refractivity contribution in [3.8, 4) is 33.8 Å². The molecule has 4 rings (SSSR count). The first-order valence-electron chi connectivity index (χ1n) is 14.1. The van der Waals surface area contributed by atoms with E-state index in [1.807, 2.05) is 13.8 Å². The van der Waals surface area contributed by atoms with Gasteiger partial charge in [-0.3, -0.25) is 0 Å². The van der Waals surface area contributed by atoms with Crippen LogP contribution >= 0.6 is 0 Å². The molecular weight excluding hydrogens is 584 g/mol. The van der Waals surface area contributed by atoms with Gasteiger partial charge in [-0.05, 0) is 73.4 Å². The van der Waals surface area contributed by atoms with Crippen molar-refractivity contribution in [2.24, 2.45) is 5.92 Å². The highest BCUT2D eigenvalue weighted by atomic mass is 19.4. The Labute approximate surface area is 244 Å². The Kier molecular flexibility index (Phi) is 10.2. The monoisotopic (exact) mass is 616 g/mol. The van der Waals surface area contributed by atoms with Crippen molar-refractivity contribution in [1.82, 2.24) is 0 Å². The number of hydrogen-bond acceptors (Lipinski definition) is 3. The molecule has 0 radical (unpaired) electrons. The Morgan fingerprint density at radius 3 is 1.84 bits per heavy atom. The van der Waals surface area contributed by atoms with Gasteiger partial charge in [0.05, 0.1) is 12.7 Å². The van der Waals surface area contributed by atoms with Crippen molar-refractivity contribution in [2.45, 2.75) is 70.8 Å². The SMILES string of the molecule is CCCCOc1ccc(-c2ccc(-c3ccc(OC(F)(F)COC4CCC(C)CC4)c(C(F)(F)F)c3F)cc2)c(F)c1F. The van der Waals surface area contributed by atoms with Crippen LogP contribution in [0.25, 0.3) is 22.3 Å². The molecule has 0 spiro atoms. The number of benzene rings is 3. The lowest BCUT2D eigenvalue weighted by molar-refractivity contribution is -0.225. The Balaban J connectivity index is 1.55. The first-order valence-corrected chi connectivity index (χ1v) is 14.1. The standard InChI is InChI=1S/C32H32F8O3/c1-3-4-17-41-26-16-14-24(29(34)30(26)35)21-9-7-20(8-10-21)23-13-15-25(27(28(23)33)32(38,39)40)43-31(36,37)18-42-22-11-5-19(2)6-12-22/h7-10,13-16,19,22H,3-6,11-12,17-18H2,1-2H3. The minimum absolute atomic E-state index is 0.0553. The predicted molar refractivity (Wildman–Crippen MR) is 146 cm³/mol. The molecule has 0 N–H and O–H groups in total. The van der Waals surface area contributed by atoms with Crippen LogP contribution < -0.4 is 9.47 Å². The molecule has 1 aliphatic rings. The summed E-state index contributed by atoms with van der Waals surface area (Å²) >= 11 is 0. The molecule has 234 valence electrons. The molecule has 3 aromatic rings. The van der Waals surface area contributed by atoms with E-state index >= 15 is 4.39 Å². The minimum Gasteiger partial charge on any atom is -0.490 e. The van der Waals surface area contributed by atoms with Crippen molar-refractivity contribution >= 4 is 0 Å². The van der Waals surface area contributed by atoms with Crippen molar-refractivity contribution in [2.75, 3.05) is 13.2 Å². The molecule has 43 heavy (non-hydrogen) atoms. The predicted octanol–water partition coefficient (Wildman–Crippen LogP) is 10.2. The van der Waals surface area contributed by atoms with Gasteiger partial charge in [-0.15, -0.1) is 0 Å². The second kappa shape index (κ2) is 13.5. The fourth-order valence-electron chi connectivity index (χ4n) is 4.95. The molecule has 0 bridgehead atoms. The molecule has 1 aliphatic carbocycles. The lowest BCUT2D eigenvalue weighted by Crippen LogP contribution is -2.35. The van der Waals surface area contributed by atoms with Crippen molar-refractivity contribution in [3.63, 3.8) is 0 Å². The number of ether oxygens (including phenoxy) is 3. The molecule has 3 aromatic carbocycles. The van der Waals surface area contributed by atoms with Gasteiger partial charge in [0, 0.05) is 11.1 Å². The van der Waals surface area contributed by atoms with Crippen LogP contribution in [0.3, 0.4) is 0 Å². The third-order valence-electron chi connectivity index (χ3n) is 7.41. The summed E-state index contributed by atoms with van der Waals surface area (Å²) in [6.45, 7) is 2.88. The zero-order valence-electron chi connectivity index (χ0n) is 23.7. The molecule has 0 unspecified atom stereocenters. The van der Waals surface area contributed by atoms with Crippen LogP contribution in [0.4, 0.5) is 35.1 Å². The van der Waals surface area contributed by atoms with Gasteiger partial charge in [-0.2, -0.15) is 26.3 Å². The van der Waals surface area contributed by atoms with Crippen LogP contribution in [0.15, 0.2) is 48.5 Å². The van der Waals surface area contributed by atoms with E-state index in [0.717, 1.165) is 25.3 Å². The van der Waals surface area contributed by atoms with Gasteiger partial charge in [0.2, 0.25) is 5.82 Å². The van der Waals surface area contributed by atoms with Gasteiger partial charge in [0.25, 0.3) is 0 Å². The first kappa shape index (κ1) is 32.6. The van der Waals surface area contributed by atoms with E-state index in [9.17, 15) is 30.7 Å². The quantitative estimate of drug-likeness (QED) is 0.159. The van der Waals surface area contributed by atoms with Gasteiger partial charge in [-0.25, -0.2) is 8.78 Å². The highest BCUT2D eigenvalue weighted by Gasteiger charge is 2.43. The molecule has 0 aromatic heterocycles.